The third-order valence-corrected chi connectivity index (χ3v) is 2.54. The van der Waals surface area contributed by atoms with E-state index in [2.05, 4.69) is 29.2 Å². The van der Waals surface area contributed by atoms with Gasteiger partial charge in [0.2, 0.25) is 0 Å². The van der Waals surface area contributed by atoms with Crippen molar-refractivity contribution in [2.45, 2.75) is 13.5 Å². The summed E-state index contributed by atoms with van der Waals surface area (Å²) in [5.74, 6) is -0.988. The Hall–Kier alpha value is -1.46. The number of aromatic carboxylic acids is 1. The zero-order valence-corrected chi connectivity index (χ0v) is 10.3. The second-order valence-corrected chi connectivity index (χ2v) is 3.89. The first-order valence-electron chi connectivity index (χ1n) is 5.72. The Bertz CT molecular complexity index is 369. The highest BCUT2D eigenvalue weighted by Gasteiger charge is 2.04. The lowest BCUT2D eigenvalue weighted by Gasteiger charge is -2.13. The van der Waals surface area contributed by atoms with Crippen molar-refractivity contribution < 1.29 is 9.90 Å². The van der Waals surface area contributed by atoms with Crippen LogP contribution in [-0.2, 0) is 6.54 Å². The van der Waals surface area contributed by atoms with Gasteiger partial charge in [-0.05, 0) is 25.7 Å². The highest BCUT2D eigenvalue weighted by molar-refractivity contribution is 5.85. The van der Waals surface area contributed by atoms with Crippen LogP contribution in [0.25, 0.3) is 0 Å². The van der Waals surface area contributed by atoms with Gasteiger partial charge < -0.3 is 15.3 Å². The van der Waals surface area contributed by atoms with Crippen molar-refractivity contribution in [1.82, 2.24) is 15.2 Å². The summed E-state index contributed by atoms with van der Waals surface area (Å²) in [7, 11) is 2.06. The maximum absolute atomic E-state index is 10.7. The fraction of sp³-hybridized carbons (Fsp3) is 0.500. The highest BCUT2D eigenvalue weighted by Crippen LogP contribution is 1.99. The average molecular weight is 237 g/mol. The standard InChI is InChI=1S/C12H19N3O2/c1-3-15(2)8-7-13-9-10-5-4-6-11(14-10)12(16)17/h4-6,13H,3,7-9H2,1-2H3,(H,16,17). The van der Waals surface area contributed by atoms with Crippen LogP contribution in [0.5, 0.6) is 0 Å². The fourth-order valence-corrected chi connectivity index (χ4v) is 1.34. The summed E-state index contributed by atoms with van der Waals surface area (Å²) in [5.41, 5.74) is 0.846. The summed E-state index contributed by atoms with van der Waals surface area (Å²) >= 11 is 0. The van der Waals surface area contributed by atoms with Crippen LogP contribution in [0.3, 0.4) is 0 Å². The molecule has 2 N–H and O–H groups in total. The van der Waals surface area contributed by atoms with Gasteiger partial charge in [0.15, 0.2) is 0 Å². The number of carbonyl (C=O) groups is 1. The zero-order valence-electron chi connectivity index (χ0n) is 10.3. The second kappa shape index (κ2) is 6.98. The highest BCUT2D eigenvalue weighted by atomic mass is 16.4. The van der Waals surface area contributed by atoms with Crippen LogP contribution in [0.4, 0.5) is 0 Å². The summed E-state index contributed by atoms with van der Waals surface area (Å²) in [4.78, 5) is 17.0. The monoisotopic (exact) mass is 237 g/mol. The zero-order chi connectivity index (χ0) is 12.7. The van der Waals surface area contributed by atoms with Crippen molar-refractivity contribution in [2.24, 2.45) is 0 Å². The molecule has 5 nitrogen and oxygen atoms in total. The third kappa shape index (κ3) is 4.93. The van der Waals surface area contributed by atoms with E-state index in [9.17, 15) is 4.79 Å². The van der Waals surface area contributed by atoms with E-state index in [0.717, 1.165) is 25.3 Å². The molecule has 0 saturated heterocycles. The molecule has 1 rings (SSSR count). The van der Waals surface area contributed by atoms with Gasteiger partial charge >= 0.3 is 5.97 Å². The first kappa shape index (κ1) is 13.6. The van der Waals surface area contributed by atoms with Crippen molar-refractivity contribution in [1.29, 1.82) is 0 Å². The van der Waals surface area contributed by atoms with Crippen molar-refractivity contribution in [3.8, 4) is 0 Å². The molecule has 17 heavy (non-hydrogen) atoms. The van der Waals surface area contributed by atoms with Gasteiger partial charge in [-0.25, -0.2) is 9.78 Å². The molecule has 0 aliphatic carbocycles. The molecule has 94 valence electrons. The van der Waals surface area contributed by atoms with Crippen LogP contribution in [0.1, 0.15) is 23.1 Å². The quantitative estimate of drug-likeness (QED) is 0.687. The first-order valence-corrected chi connectivity index (χ1v) is 5.72. The van der Waals surface area contributed by atoms with E-state index in [1.54, 1.807) is 6.07 Å². The molecule has 0 fully saturated rings. The Morgan fingerprint density at radius 3 is 2.94 bits per heavy atom. The largest absolute Gasteiger partial charge is 0.477 e. The molecule has 0 aromatic carbocycles. The summed E-state index contributed by atoms with van der Waals surface area (Å²) in [6, 6.07) is 5.03. The summed E-state index contributed by atoms with van der Waals surface area (Å²) in [6.45, 7) is 5.56. The Labute approximate surface area is 101 Å². The van der Waals surface area contributed by atoms with Gasteiger partial charge in [-0.1, -0.05) is 13.0 Å². The molecule has 1 heterocycles. The van der Waals surface area contributed by atoms with Crippen molar-refractivity contribution in [3.63, 3.8) is 0 Å². The first-order chi connectivity index (χ1) is 8.13. The minimum atomic E-state index is -0.988. The fourth-order valence-electron chi connectivity index (χ4n) is 1.34. The van der Waals surface area contributed by atoms with E-state index in [1.807, 2.05) is 6.07 Å². The molecule has 0 amide bonds. The molecule has 0 saturated carbocycles. The van der Waals surface area contributed by atoms with Gasteiger partial charge in [0.25, 0.3) is 0 Å². The summed E-state index contributed by atoms with van der Waals surface area (Å²) in [5, 5.41) is 12.0. The Morgan fingerprint density at radius 1 is 1.53 bits per heavy atom. The molecule has 5 heteroatoms. The minimum absolute atomic E-state index is 0.0926. The molecule has 0 aliphatic rings. The molecule has 0 aliphatic heterocycles. The molecule has 0 atom stereocenters. The lowest BCUT2D eigenvalue weighted by Crippen LogP contribution is -2.29. The Kier molecular flexibility index (Phi) is 5.59. The lowest BCUT2D eigenvalue weighted by molar-refractivity contribution is 0.0690. The van der Waals surface area contributed by atoms with Gasteiger partial charge in [0.05, 0.1) is 5.69 Å². The van der Waals surface area contributed by atoms with Gasteiger partial charge in [0, 0.05) is 19.6 Å². The number of carboxylic acids is 1. The molecule has 0 unspecified atom stereocenters. The second-order valence-electron chi connectivity index (χ2n) is 3.89. The summed E-state index contributed by atoms with van der Waals surface area (Å²) < 4.78 is 0. The maximum Gasteiger partial charge on any atom is 0.354 e. The Morgan fingerprint density at radius 2 is 2.29 bits per heavy atom. The molecule has 0 spiro atoms. The number of hydrogen-bond acceptors (Lipinski definition) is 4. The minimum Gasteiger partial charge on any atom is -0.477 e. The maximum atomic E-state index is 10.7. The van der Waals surface area contributed by atoms with Gasteiger partial charge in [-0.2, -0.15) is 0 Å². The number of likely N-dealkylation sites (N-methyl/N-ethyl adjacent to an activating group) is 1. The van der Waals surface area contributed by atoms with E-state index in [4.69, 9.17) is 5.11 Å². The van der Waals surface area contributed by atoms with Gasteiger partial charge in [0.1, 0.15) is 5.69 Å². The van der Waals surface area contributed by atoms with E-state index in [-0.39, 0.29) is 5.69 Å². The van der Waals surface area contributed by atoms with Crippen LogP contribution in [-0.4, -0.2) is 47.6 Å². The molecular formula is C12H19N3O2. The smallest absolute Gasteiger partial charge is 0.354 e. The van der Waals surface area contributed by atoms with E-state index >= 15 is 0 Å². The number of carboxylic acid groups (broad SMARTS) is 1. The van der Waals surface area contributed by atoms with Crippen molar-refractivity contribution in [2.75, 3.05) is 26.7 Å². The van der Waals surface area contributed by atoms with Crippen molar-refractivity contribution in [3.05, 3.63) is 29.6 Å². The van der Waals surface area contributed by atoms with Crippen LogP contribution in [0.15, 0.2) is 18.2 Å². The molecular weight excluding hydrogens is 218 g/mol. The predicted octanol–water partition coefficient (Wildman–Crippen LogP) is 0.821. The van der Waals surface area contributed by atoms with Crippen LogP contribution in [0.2, 0.25) is 0 Å². The van der Waals surface area contributed by atoms with E-state index < -0.39 is 5.97 Å². The number of nitrogens with one attached hydrogen (secondary N) is 1. The Balaban J connectivity index is 2.36. The molecule has 0 radical (unpaired) electrons. The number of pyridine rings is 1. The third-order valence-electron chi connectivity index (χ3n) is 2.54. The number of aromatic nitrogens is 1. The molecule has 0 bridgehead atoms. The van der Waals surface area contributed by atoms with Crippen molar-refractivity contribution >= 4 is 5.97 Å². The normalized spacial score (nSPS) is 10.8. The number of hydrogen-bond donors (Lipinski definition) is 2. The predicted molar refractivity (Wildman–Crippen MR) is 66.1 cm³/mol. The van der Waals surface area contributed by atoms with Crippen LogP contribution < -0.4 is 5.32 Å². The van der Waals surface area contributed by atoms with Crippen LogP contribution >= 0.6 is 0 Å². The van der Waals surface area contributed by atoms with Gasteiger partial charge in [-0.15, -0.1) is 0 Å². The lowest BCUT2D eigenvalue weighted by atomic mass is 10.3. The number of nitrogens with zero attached hydrogens (tertiary/aromatic N) is 2. The number of rotatable bonds is 7. The molecule has 1 aromatic rings. The average Bonchev–Trinajstić information content (AvgIpc) is 2.34. The van der Waals surface area contributed by atoms with Crippen LogP contribution in [0, 0.1) is 0 Å². The van der Waals surface area contributed by atoms with Gasteiger partial charge in [-0.3, -0.25) is 0 Å². The SMILES string of the molecule is CCN(C)CCNCc1cccc(C(=O)O)n1. The van der Waals surface area contributed by atoms with E-state index in [1.165, 1.54) is 6.07 Å². The summed E-state index contributed by atoms with van der Waals surface area (Å²) in [6.07, 6.45) is 0. The topological polar surface area (TPSA) is 65.5 Å². The molecule has 1 aromatic heterocycles. The van der Waals surface area contributed by atoms with E-state index in [0.29, 0.717) is 6.54 Å².